The van der Waals surface area contributed by atoms with Gasteiger partial charge in [-0.25, -0.2) is 8.42 Å². The second-order valence-electron chi connectivity index (χ2n) is 8.15. The Morgan fingerprint density at radius 2 is 1.53 bits per heavy atom. The van der Waals surface area contributed by atoms with Crippen molar-refractivity contribution in [2.45, 2.75) is 37.1 Å². The quantitative estimate of drug-likeness (QED) is 0.448. The highest BCUT2D eigenvalue weighted by molar-refractivity contribution is 7.89. The summed E-state index contributed by atoms with van der Waals surface area (Å²) in [5.74, 6) is 0.596. The van der Waals surface area contributed by atoms with Crippen molar-refractivity contribution in [1.29, 1.82) is 0 Å². The van der Waals surface area contributed by atoms with Crippen LogP contribution in [0.5, 0.6) is 11.5 Å². The SMILES string of the molecule is COc1ccc(S(=O)(=O)N[C@@H](Cc2ccccc2)C(=O)Nc2ccc(C(C)C)cc2)cc1OC. The van der Waals surface area contributed by atoms with Gasteiger partial charge in [-0.1, -0.05) is 56.3 Å². The summed E-state index contributed by atoms with van der Waals surface area (Å²) in [5, 5.41) is 2.83. The number of ether oxygens (including phenoxy) is 2. The maximum Gasteiger partial charge on any atom is 0.242 e. The van der Waals surface area contributed by atoms with Gasteiger partial charge in [-0.2, -0.15) is 4.72 Å². The van der Waals surface area contributed by atoms with Gasteiger partial charge in [-0.05, 0) is 47.7 Å². The molecule has 34 heavy (non-hydrogen) atoms. The van der Waals surface area contributed by atoms with Gasteiger partial charge < -0.3 is 14.8 Å². The molecule has 0 unspecified atom stereocenters. The van der Waals surface area contributed by atoms with E-state index in [1.165, 1.54) is 32.4 Å². The molecule has 7 nitrogen and oxygen atoms in total. The summed E-state index contributed by atoms with van der Waals surface area (Å²) in [7, 11) is -1.14. The lowest BCUT2D eigenvalue weighted by molar-refractivity contribution is -0.117. The van der Waals surface area contributed by atoms with E-state index in [1.807, 2.05) is 54.6 Å². The first-order chi connectivity index (χ1) is 16.2. The zero-order chi connectivity index (χ0) is 24.7. The molecule has 0 aliphatic heterocycles. The molecule has 3 aromatic carbocycles. The first-order valence-corrected chi connectivity index (χ1v) is 12.4. The van der Waals surface area contributed by atoms with Gasteiger partial charge >= 0.3 is 0 Å². The Kier molecular flexibility index (Phi) is 8.31. The number of rotatable bonds is 10. The van der Waals surface area contributed by atoms with E-state index in [0.717, 1.165) is 11.1 Å². The van der Waals surface area contributed by atoms with E-state index < -0.39 is 22.0 Å². The lowest BCUT2D eigenvalue weighted by Crippen LogP contribution is -2.45. The van der Waals surface area contributed by atoms with Crippen LogP contribution in [0.25, 0.3) is 0 Å². The van der Waals surface area contributed by atoms with Gasteiger partial charge in [0.15, 0.2) is 11.5 Å². The fraction of sp³-hybridized carbons (Fsp3) is 0.269. The summed E-state index contributed by atoms with van der Waals surface area (Å²) in [5.41, 5.74) is 2.57. The van der Waals surface area contributed by atoms with E-state index in [-0.39, 0.29) is 17.1 Å². The molecule has 180 valence electrons. The van der Waals surface area contributed by atoms with Crippen LogP contribution in [0.4, 0.5) is 5.69 Å². The highest BCUT2D eigenvalue weighted by Crippen LogP contribution is 2.29. The standard InChI is InChI=1S/C26H30N2O5S/c1-18(2)20-10-12-21(13-11-20)27-26(29)23(16-19-8-6-5-7-9-19)28-34(30,31)22-14-15-24(32-3)25(17-22)33-4/h5-15,17-18,23,28H,16H2,1-4H3,(H,27,29)/t23-/m0/s1. The fourth-order valence-electron chi connectivity index (χ4n) is 3.46. The minimum absolute atomic E-state index is 0.0303. The summed E-state index contributed by atoms with van der Waals surface area (Å²) in [6.07, 6.45) is 0.184. The highest BCUT2D eigenvalue weighted by atomic mass is 32.2. The molecule has 0 heterocycles. The monoisotopic (exact) mass is 482 g/mol. The summed E-state index contributed by atoms with van der Waals surface area (Å²) >= 11 is 0. The van der Waals surface area contributed by atoms with Crippen LogP contribution in [0.1, 0.15) is 30.9 Å². The van der Waals surface area contributed by atoms with Crippen molar-refractivity contribution in [2.24, 2.45) is 0 Å². The van der Waals surface area contributed by atoms with Crippen LogP contribution in [-0.4, -0.2) is 34.6 Å². The van der Waals surface area contributed by atoms with Crippen LogP contribution < -0.4 is 19.5 Å². The summed E-state index contributed by atoms with van der Waals surface area (Å²) in [4.78, 5) is 13.2. The number of hydrogen-bond donors (Lipinski definition) is 2. The zero-order valence-corrected chi connectivity index (χ0v) is 20.6. The Hall–Kier alpha value is -3.36. The van der Waals surface area contributed by atoms with E-state index in [2.05, 4.69) is 23.9 Å². The molecule has 3 rings (SSSR count). The largest absolute Gasteiger partial charge is 0.493 e. The number of nitrogens with one attached hydrogen (secondary N) is 2. The van der Waals surface area contributed by atoms with Gasteiger partial charge in [0.1, 0.15) is 6.04 Å². The number of amides is 1. The average molecular weight is 483 g/mol. The molecular formula is C26H30N2O5S. The predicted octanol–water partition coefficient (Wildman–Crippen LogP) is 4.36. The van der Waals surface area contributed by atoms with Crippen molar-refractivity contribution in [3.8, 4) is 11.5 Å². The molecule has 0 saturated heterocycles. The van der Waals surface area contributed by atoms with Gasteiger partial charge in [0.2, 0.25) is 15.9 Å². The molecule has 8 heteroatoms. The Morgan fingerprint density at radius 1 is 0.882 bits per heavy atom. The molecule has 1 amide bonds. The topological polar surface area (TPSA) is 93.7 Å². The van der Waals surface area contributed by atoms with Crippen molar-refractivity contribution in [1.82, 2.24) is 4.72 Å². The van der Waals surface area contributed by atoms with Crippen LogP contribution in [-0.2, 0) is 21.2 Å². The third-order valence-electron chi connectivity index (χ3n) is 5.41. The Labute approximate surface area is 201 Å². The van der Waals surface area contributed by atoms with E-state index in [0.29, 0.717) is 17.4 Å². The molecule has 2 N–H and O–H groups in total. The Bertz CT molecular complexity index is 1210. The van der Waals surface area contributed by atoms with Crippen LogP contribution in [0, 0.1) is 0 Å². The number of carbonyl (C=O) groups is 1. The number of hydrogen-bond acceptors (Lipinski definition) is 5. The fourth-order valence-corrected chi connectivity index (χ4v) is 4.67. The van der Waals surface area contributed by atoms with Gasteiger partial charge in [0, 0.05) is 11.8 Å². The van der Waals surface area contributed by atoms with Gasteiger partial charge in [0.25, 0.3) is 0 Å². The van der Waals surface area contributed by atoms with Crippen molar-refractivity contribution < 1.29 is 22.7 Å². The van der Waals surface area contributed by atoms with Crippen LogP contribution in [0.15, 0.2) is 77.7 Å². The van der Waals surface area contributed by atoms with Crippen LogP contribution >= 0.6 is 0 Å². The first-order valence-electron chi connectivity index (χ1n) is 10.9. The lowest BCUT2D eigenvalue weighted by atomic mass is 10.0. The third kappa shape index (κ3) is 6.36. The number of carbonyl (C=O) groups excluding carboxylic acids is 1. The predicted molar refractivity (Wildman–Crippen MR) is 133 cm³/mol. The van der Waals surface area contributed by atoms with E-state index in [4.69, 9.17) is 9.47 Å². The van der Waals surface area contributed by atoms with Crippen molar-refractivity contribution in [3.05, 3.63) is 83.9 Å². The number of sulfonamides is 1. The van der Waals surface area contributed by atoms with Crippen molar-refractivity contribution in [3.63, 3.8) is 0 Å². The normalized spacial score (nSPS) is 12.3. The molecule has 0 aliphatic rings. The molecule has 0 radical (unpaired) electrons. The molecule has 0 bridgehead atoms. The lowest BCUT2D eigenvalue weighted by Gasteiger charge is -2.19. The highest BCUT2D eigenvalue weighted by Gasteiger charge is 2.27. The maximum atomic E-state index is 13.2. The van der Waals surface area contributed by atoms with Crippen molar-refractivity contribution >= 4 is 21.6 Å². The molecule has 3 aromatic rings. The zero-order valence-electron chi connectivity index (χ0n) is 19.7. The number of anilines is 1. The third-order valence-corrected chi connectivity index (χ3v) is 6.88. The van der Waals surface area contributed by atoms with E-state index >= 15 is 0 Å². The minimum atomic E-state index is -4.04. The Morgan fingerprint density at radius 3 is 2.12 bits per heavy atom. The number of methoxy groups -OCH3 is 2. The molecule has 0 aliphatic carbocycles. The van der Waals surface area contributed by atoms with Gasteiger partial charge in [0.05, 0.1) is 19.1 Å². The summed E-state index contributed by atoms with van der Waals surface area (Å²) in [6, 6.07) is 20.0. The Balaban J connectivity index is 1.87. The first kappa shape index (κ1) is 25.3. The van der Waals surface area contributed by atoms with E-state index in [1.54, 1.807) is 0 Å². The minimum Gasteiger partial charge on any atom is -0.493 e. The second kappa shape index (κ2) is 11.2. The molecule has 0 saturated carbocycles. The van der Waals surface area contributed by atoms with Crippen molar-refractivity contribution in [2.75, 3.05) is 19.5 Å². The summed E-state index contributed by atoms with van der Waals surface area (Å²) in [6.45, 7) is 4.18. The molecule has 0 fully saturated rings. The van der Waals surface area contributed by atoms with Gasteiger partial charge in [-0.15, -0.1) is 0 Å². The maximum absolute atomic E-state index is 13.2. The van der Waals surface area contributed by atoms with E-state index in [9.17, 15) is 13.2 Å². The molecule has 0 spiro atoms. The molecular weight excluding hydrogens is 452 g/mol. The second-order valence-corrected chi connectivity index (χ2v) is 9.86. The molecule has 1 atom stereocenters. The molecule has 0 aromatic heterocycles. The van der Waals surface area contributed by atoms with Gasteiger partial charge in [-0.3, -0.25) is 4.79 Å². The smallest absolute Gasteiger partial charge is 0.242 e. The van der Waals surface area contributed by atoms with Crippen LogP contribution in [0.3, 0.4) is 0 Å². The average Bonchev–Trinajstić information content (AvgIpc) is 2.84. The number of benzene rings is 3. The van der Waals surface area contributed by atoms with Crippen LogP contribution in [0.2, 0.25) is 0 Å². The summed E-state index contributed by atoms with van der Waals surface area (Å²) < 4.78 is 39.4.